The molecular formula is C17H16F2N2O2S. The van der Waals surface area contributed by atoms with E-state index in [1.165, 1.54) is 24.3 Å². The molecule has 126 valence electrons. The van der Waals surface area contributed by atoms with E-state index in [9.17, 15) is 18.4 Å². The standard InChI is InChI=1S/C17H16F2N2O2S/c1-11-6-7-12(8-14(11)19)20-16(22)9-24-10-17(23)21-15-5-3-2-4-13(15)18/h2-8H,9-10H2,1H3,(H,20,22)(H,21,23). The zero-order chi connectivity index (χ0) is 17.5. The Bertz CT molecular complexity index is 753. The van der Waals surface area contributed by atoms with Gasteiger partial charge in [0.15, 0.2) is 0 Å². The molecule has 2 aromatic carbocycles. The van der Waals surface area contributed by atoms with Gasteiger partial charge in [-0.1, -0.05) is 18.2 Å². The number of anilines is 2. The van der Waals surface area contributed by atoms with E-state index < -0.39 is 17.5 Å². The Morgan fingerprint density at radius 2 is 1.62 bits per heavy atom. The molecule has 0 aromatic heterocycles. The average Bonchev–Trinajstić information content (AvgIpc) is 2.53. The van der Waals surface area contributed by atoms with Crippen molar-refractivity contribution in [1.29, 1.82) is 0 Å². The topological polar surface area (TPSA) is 58.2 Å². The Morgan fingerprint density at radius 3 is 2.29 bits per heavy atom. The summed E-state index contributed by atoms with van der Waals surface area (Å²) in [6.45, 7) is 1.63. The van der Waals surface area contributed by atoms with Crippen LogP contribution in [0.15, 0.2) is 42.5 Å². The number of hydrogen-bond donors (Lipinski definition) is 2. The zero-order valence-corrected chi connectivity index (χ0v) is 13.8. The minimum Gasteiger partial charge on any atom is -0.325 e. The van der Waals surface area contributed by atoms with Gasteiger partial charge < -0.3 is 10.6 Å². The minimum atomic E-state index is -0.519. The summed E-state index contributed by atoms with van der Waals surface area (Å²) in [5, 5.41) is 4.98. The smallest absolute Gasteiger partial charge is 0.234 e. The Hall–Kier alpha value is -2.41. The van der Waals surface area contributed by atoms with E-state index in [1.807, 2.05) is 0 Å². The van der Waals surface area contributed by atoms with Crippen molar-refractivity contribution in [2.24, 2.45) is 0 Å². The highest BCUT2D eigenvalue weighted by Crippen LogP contribution is 2.15. The Morgan fingerprint density at radius 1 is 0.958 bits per heavy atom. The van der Waals surface area contributed by atoms with Crippen LogP contribution in [-0.4, -0.2) is 23.3 Å². The molecule has 0 saturated heterocycles. The predicted molar refractivity (Wildman–Crippen MR) is 92.1 cm³/mol. The second-order valence-electron chi connectivity index (χ2n) is 5.03. The third-order valence-corrected chi connectivity index (χ3v) is 4.00. The van der Waals surface area contributed by atoms with Gasteiger partial charge in [-0.05, 0) is 36.8 Å². The molecule has 0 spiro atoms. The van der Waals surface area contributed by atoms with Crippen molar-refractivity contribution >= 4 is 35.0 Å². The molecule has 0 heterocycles. The number of aryl methyl sites for hydroxylation is 1. The summed E-state index contributed by atoms with van der Waals surface area (Å²) < 4.78 is 26.8. The van der Waals surface area contributed by atoms with Crippen LogP contribution in [0, 0.1) is 18.6 Å². The van der Waals surface area contributed by atoms with Gasteiger partial charge in [-0.15, -0.1) is 11.8 Å². The molecule has 4 nitrogen and oxygen atoms in total. The molecule has 2 amide bonds. The fourth-order valence-electron chi connectivity index (χ4n) is 1.85. The second-order valence-corrected chi connectivity index (χ2v) is 6.02. The third-order valence-electron chi connectivity index (χ3n) is 3.07. The van der Waals surface area contributed by atoms with Gasteiger partial charge in [-0.25, -0.2) is 8.78 Å². The fraction of sp³-hybridized carbons (Fsp3) is 0.176. The van der Waals surface area contributed by atoms with E-state index in [1.54, 1.807) is 25.1 Å². The fourth-order valence-corrected chi connectivity index (χ4v) is 2.47. The van der Waals surface area contributed by atoms with Crippen LogP contribution in [-0.2, 0) is 9.59 Å². The highest BCUT2D eigenvalue weighted by Gasteiger charge is 2.09. The van der Waals surface area contributed by atoms with Crippen LogP contribution in [0.4, 0.5) is 20.2 Å². The van der Waals surface area contributed by atoms with E-state index in [4.69, 9.17) is 0 Å². The first-order valence-electron chi connectivity index (χ1n) is 7.14. The van der Waals surface area contributed by atoms with Gasteiger partial charge in [0.05, 0.1) is 17.2 Å². The quantitative estimate of drug-likeness (QED) is 0.837. The summed E-state index contributed by atoms with van der Waals surface area (Å²) in [5.41, 5.74) is 0.953. The van der Waals surface area contributed by atoms with Crippen molar-refractivity contribution in [3.8, 4) is 0 Å². The summed E-state index contributed by atoms with van der Waals surface area (Å²) >= 11 is 1.08. The number of amides is 2. The van der Waals surface area contributed by atoms with E-state index in [-0.39, 0.29) is 23.1 Å². The first-order chi connectivity index (χ1) is 11.5. The zero-order valence-electron chi connectivity index (χ0n) is 12.9. The number of para-hydroxylation sites is 1. The molecular weight excluding hydrogens is 334 g/mol. The molecule has 0 aliphatic heterocycles. The van der Waals surface area contributed by atoms with E-state index in [0.29, 0.717) is 11.3 Å². The molecule has 24 heavy (non-hydrogen) atoms. The molecule has 0 unspecified atom stereocenters. The number of rotatable bonds is 6. The molecule has 0 radical (unpaired) electrons. The van der Waals surface area contributed by atoms with Gasteiger partial charge in [-0.3, -0.25) is 9.59 Å². The monoisotopic (exact) mass is 350 g/mol. The molecule has 0 bridgehead atoms. The maximum absolute atomic E-state index is 13.4. The number of nitrogens with one attached hydrogen (secondary N) is 2. The van der Waals surface area contributed by atoms with Crippen molar-refractivity contribution in [2.75, 3.05) is 22.1 Å². The number of benzene rings is 2. The normalized spacial score (nSPS) is 10.3. The van der Waals surface area contributed by atoms with Crippen LogP contribution in [0.1, 0.15) is 5.56 Å². The van der Waals surface area contributed by atoms with Crippen molar-refractivity contribution in [3.63, 3.8) is 0 Å². The van der Waals surface area contributed by atoms with Crippen LogP contribution in [0.25, 0.3) is 0 Å². The van der Waals surface area contributed by atoms with Crippen molar-refractivity contribution in [3.05, 3.63) is 59.7 Å². The van der Waals surface area contributed by atoms with Gasteiger partial charge in [0, 0.05) is 5.69 Å². The van der Waals surface area contributed by atoms with Crippen molar-refractivity contribution in [2.45, 2.75) is 6.92 Å². The molecule has 0 aliphatic carbocycles. The molecule has 2 rings (SSSR count). The lowest BCUT2D eigenvalue weighted by atomic mass is 10.2. The highest BCUT2D eigenvalue weighted by atomic mass is 32.2. The lowest BCUT2D eigenvalue weighted by molar-refractivity contribution is -0.114. The number of hydrogen-bond acceptors (Lipinski definition) is 3. The van der Waals surface area contributed by atoms with Crippen LogP contribution >= 0.6 is 11.8 Å². The molecule has 0 atom stereocenters. The minimum absolute atomic E-state index is 0.00398. The molecule has 0 saturated carbocycles. The second kappa shape index (κ2) is 8.44. The van der Waals surface area contributed by atoms with E-state index >= 15 is 0 Å². The molecule has 7 heteroatoms. The van der Waals surface area contributed by atoms with Crippen LogP contribution in [0.2, 0.25) is 0 Å². The number of carbonyl (C=O) groups is 2. The van der Waals surface area contributed by atoms with Gasteiger partial charge in [0.2, 0.25) is 11.8 Å². The van der Waals surface area contributed by atoms with Crippen molar-refractivity contribution in [1.82, 2.24) is 0 Å². The SMILES string of the molecule is Cc1ccc(NC(=O)CSCC(=O)Nc2ccccc2F)cc1F. The lowest BCUT2D eigenvalue weighted by Gasteiger charge is -2.07. The Labute approximate surface area is 142 Å². The summed E-state index contributed by atoms with van der Waals surface area (Å²) in [6, 6.07) is 10.3. The number of carbonyl (C=O) groups excluding carboxylic acids is 2. The average molecular weight is 350 g/mol. The maximum atomic E-state index is 13.4. The lowest BCUT2D eigenvalue weighted by Crippen LogP contribution is -2.19. The first kappa shape index (κ1) is 17.9. The summed E-state index contributed by atoms with van der Waals surface area (Å²) in [7, 11) is 0. The Kier molecular flexibility index (Phi) is 6.31. The van der Waals surface area contributed by atoms with Crippen molar-refractivity contribution < 1.29 is 18.4 Å². The molecule has 2 N–H and O–H groups in total. The predicted octanol–water partition coefficient (Wildman–Crippen LogP) is 3.58. The summed E-state index contributed by atoms with van der Waals surface area (Å²) in [4.78, 5) is 23.5. The molecule has 0 fully saturated rings. The highest BCUT2D eigenvalue weighted by molar-refractivity contribution is 8.00. The van der Waals surface area contributed by atoms with Gasteiger partial charge >= 0.3 is 0 Å². The molecule has 2 aromatic rings. The summed E-state index contributed by atoms with van der Waals surface area (Å²) in [5.74, 6) is -1.63. The van der Waals surface area contributed by atoms with Crippen LogP contribution in [0.3, 0.4) is 0 Å². The van der Waals surface area contributed by atoms with Crippen LogP contribution < -0.4 is 10.6 Å². The number of halogens is 2. The summed E-state index contributed by atoms with van der Waals surface area (Å²) in [6.07, 6.45) is 0. The first-order valence-corrected chi connectivity index (χ1v) is 8.29. The van der Waals surface area contributed by atoms with Gasteiger partial charge in [-0.2, -0.15) is 0 Å². The van der Waals surface area contributed by atoms with Crippen LogP contribution in [0.5, 0.6) is 0 Å². The molecule has 0 aliphatic rings. The van der Waals surface area contributed by atoms with Gasteiger partial charge in [0.1, 0.15) is 11.6 Å². The van der Waals surface area contributed by atoms with E-state index in [2.05, 4.69) is 10.6 Å². The largest absolute Gasteiger partial charge is 0.325 e. The Balaban J connectivity index is 1.75. The third kappa shape index (κ3) is 5.34. The maximum Gasteiger partial charge on any atom is 0.234 e. The van der Waals surface area contributed by atoms with E-state index in [0.717, 1.165) is 11.8 Å². The van der Waals surface area contributed by atoms with Gasteiger partial charge in [0.25, 0.3) is 0 Å². The number of thioether (sulfide) groups is 1.